The third kappa shape index (κ3) is 3.81. The summed E-state index contributed by atoms with van der Waals surface area (Å²) in [5, 5.41) is 9.11. The van der Waals surface area contributed by atoms with Crippen molar-refractivity contribution in [1.82, 2.24) is 0 Å². The van der Waals surface area contributed by atoms with Gasteiger partial charge in [0.1, 0.15) is 5.75 Å². The van der Waals surface area contributed by atoms with E-state index in [2.05, 4.69) is 0 Å². The summed E-state index contributed by atoms with van der Waals surface area (Å²) in [5.74, 6) is 0.195. The van der Waals surface area contributed by atoms with Gasteiger partial charge >= 0.3 is 0 Å². The average molecular weight is 341 g/mol. The first kappa shape index (κ1) is 13.6. The molecule has 0 spiro atoms. The zero-order valence-electron chi connectivity index (χ0n) is 9.08. The lowest BCUT2D eigenvalue weighted by Crippen LogP contribution is -3.00. The highest BCUT2D eigenvalue weighted by Gasteiger charge is 2.10. The summed E-state index contributed by atoms with van der Waals surface area (Å²) in [6.07, 6.45) is 3.69. The van der Waals surface area contributed by atoms with E-state index in [1.807, 2.05) is 35.2 Å². The molecule has 0 aliphatic carbocycles. The first-order chi connectivity index (χ1) is 7.75. The normalized spacial score (nSPS) is 9.41. The number of Topliss-reactive ketones (excluding diaryl/α,β-unsaturated/α-hetero) is 1. The molecule has 2 aromatic rings. The highest BCUT2D eigenvalue weighted by Crippen LogP contribution is 2.09. The van der Waals surface area contributed by atoms with E-state index in [9.17, 15) is 4.79 Å². The Kier molecular flexibility index (Phi) is 5.09. The Hall–Kier alpha value is -1.43. The molecule has 1 heterocycles. The number of aromatic nitrogens is 1. The summed E-state index contributed by atoms with van der Waals surface area (Å²) < 4.78 is 1.81. The number of hydrogen-bond donors (Lipinski definition) is 1. The second-order valence-electron chi connectivity index (χ2n) is 3.52. The zero-order valence-corrected chi connectivity index (χ0v) is 11.2. The number of carbonyl (C=O) groups excluding carboxylic acids is 1. The number of carbonyl (C=O) groups is 1. The van der Waals surface area contributed by atoms with Crippen molar-refractivity contribution in [3.63, 3.8) is 0 Å². The predicted molar refractivity (Wildman–Crippen MR) is 59.1 cm³/mol. The van der Waals surface area contributed by atoms with E-state index in [1.165, 1.54) is 12.1 Å². The molecule has 17 heavy (non-hydrogen) atoms. The second kappa shape index (κ2) is 6.34. The Morgan fingerprint density at radius 3 is 2.24 bits per heavy atom. The van der Waals surface area contributed by atoms with Crippen molar-refractivity contribution in [2.75, 3.05) is 0 Å². The molecular formula is C13H12INO2. The molecule has 1 N–H and O–H groups in total. The van der Waals surface area contributed by atoms with E-state index in [1.54, 1.807) is 12.1 Å². The maximum absolute atomic E-state index is 11.8. The topological polar surface area (TPSA) is 41.2 Å². The zero-order chi connectivity index (χ0) is 11.4. The molecule has 1 aromatic carbocycles. The lowest BCUT2D eigenvalue weighted by atomic mass is 10.1. The quantitative estimate of drug-likeness (QED) is 0.423. The minimum atomic E-state index is 0. The summed E-state index contributed by atoms with van der Waals surface area (Å²) in [6.45, 7) is 0.311. The first-order valence-corrected chi connectivity index (χ1v) is 5.02. The largest absolute Gasteiger partial charge is 1.00 e. The van der Waals surface area contributed by atoms with Gasteiger partial charge in [-0.2, -0.15) is 4.57 Å². The Balaban J connectivity index is 0.00000144. The Morgan fingerprint density at radius 2 is 1.65 bits per heavy atom. The van der Waals surface area contributed by atoms with Crippen LogP contribution >= 0.6 is 0 Å². The lowest BCUT2D eigenvalue weighted by Gasteiger charge is -1.98. The van der Waals surface area contributed by atoms with Gasteiger partial charge in [-0.25, -0.2) is 0 Å². The van der Waals surface area contributed by atoms with Crippen LogP contribution in [0.5, 0.6) is 5.75 Å². The fraction of sp³-hybridized carbons (Fsp3) is 0.0769. The van der Waals surface area contributed by atoms with Crippen molar-refractivity contribution < 1.29 is 38.4 Å². The molecule has 0 unspecified atom stereocenters. The minimum Gasteiger partial charge on any atom is -1.00 e. The number of ketones is 1. The van der Waals surface area contributed by atoms with Crippen LogP contribution in [-0.4, -0.2) is 10.9 Å². The Labute approximate surface area is 117 Å². The molecule has 0 saturated carbocycles. The van der Waals surface area contributed by atoms with E-state index in [-0.39, 0.29) is 35.5 Å². The van der Waals surface area contributed by atoms with Gasteiger partial charge < -0.3 is 29.1 Å². The third-order valence-electron chi connectivity index (χ3n) is 2.29. The van der Waals surface area contributed by atoms with Crippen LogP contribution in [-0.2, 0) is 6.54 Å². The smallest absolute Gasteiger partial charge is 0.227 e. The first-order valence-electron chi connectivity index (χ1n) is 5.02. The van der Waals surface area contributed by atoms with Gasteiger partial charge in [-0.05, 0) is 24.3 Å². The molecule has 0 aliphatic heterocycles. The summed E-state index contributed by atoms with van der Waals surface area (Å²) in [4.78, 5) is 11.8. The maximum atomic E-state index is 11.8. The molecule has 0 amide bonds. The fourth-order valence-corrected chi connectivity index (χ4v) is 1.44. The Bertz CT molecular complexity index is 483. The number of halogens is 1. The molecular weight excluding hydrogens is 329 g/mol. The van der Waals surface area contributed by atoms with Gasteiger partial charge in [-0.1, -0.05) is 6.07 Å². The molecule has 4 heteroatoms. The van der Waals surface area contributed by atoms with E-state index in [0.717, 1.165) is 0 Å². The number of pyridine rings is 1. The van der Waals surface area contributed by atoms with Crippen molar-refractivity contribution in [1.29, 1.82) is 0 Å². The van der Waals surface area contributed by atoms with Crippen molar-refractivity contribution in [2.45, 2.75) is 6.54 Å². The van der Waals surface area contributed by atoms with Gasteiger partial charge in [0.25, 0.3) is 0 Å². The number of benzene rings is 1. The molecule has 0 radical (unpaired) electrons. The van der Waals surface area contributed by atoms with Crippen LogP contribution in [0.4, 0.5) is 0 Å². The molecule has 0 saturated heterocycles. The number of aromatic hydroxyl groups is 1. The number of phenolic OH excluding ortho intramolecular Hbond substituents is 1. The number of phenols is 1. The van der Waals surface area contributed by atoms with Crippen LogP contribution in [0.15, 0.2) is 54.9 Å². The van der Waals surface area contributed by atoms with Gasteiger partial charge in [-0.3, -0.25) is 4.79 Å². The van der Waals surface area contributed by atoms with Crippen LogP contribution in [0.25, 0.3) is 0 Å². The van der Waals surface area contributed by atoms with Gasteiger partial charge in [0.05, 0.1) is 0 Å². The monoisotopic (exact) mass is 341 g/mol. The Morgan fingerprint density at radius 1 is 1.06 bits per heavy atom. The molecule has 0 fully saturated rings. The van der Waals surface area contributed by atoms with E-state index in [4.69, 9.17) is 5.11 Å². The van der Waals surface area contributed by atoms with Gasteiger partial charge in [0.2, 0.25) is 12.3 Å². The predicted octanol–water partition coefficient (Wildman–Crippen LogP) is -1.43. The highest BCUT2D eigenvalue weighted by molar-refractivity contribution is 5.95. The molecule has 3 nitrogen and oxygen atoms in total. The average Bonchev–Trinajstić information content (AvgIpc) is 2.31. The van der Waals surface area contributed by atoms with E-state index < -0.39 is 0 Å². The lowest BCUT2D eigenvalue weighted by molar-refractivity contribution is -0.683. The van der Waals surface area contributed by atoms with Gasteiger partial charge in [0.15, 0.2) is 12.4 Å². The molecule has 88 valence electrons. The summed E-state index contributed by atoms with van der Waals surface area (Å²) >= 11 is 0. The molecule has 1 aromatic heterocycles. The summed E-state index contributed by atoms with van der Waals surface area (Å²) in [6, 6.07) is 11.9. The molecule has 2 rings (SSSR count). The third-order valence-corrected chi connectivity index (χ3v) is 2.29. The van der Waals surface area contributed by atoms with Gasteiger partial charge in [0, 0.05) is 17.7 Å². The fourth-order valence-electron chi connectivity index (χ4n) is 1.44. The minimum absolute atomic E-state index is 0. The number of nitrogens with zero attached hydrogens (tertiary/aromatic N) is 1. The molecule has 0 aliphatic rings. The van der Waals surface area contributed by atoms with Crippen molar-refractivity contribution in [3.8, 4) is 5.75 Å². The maximum Gasteiger partial charge on any atom is 0.227 e. The van der Waals surface area contributed by atoms with Crippen LogP contribution in [0, 0.1) is 0 Å². The SMILES string of the molecule is O=C(C[n+]1ccccc1)c1ccc(O)cc1.[I-]. The van der Waals surface area contributed by atoms with E-state index in [0.29, 0.717) is 12.1 Å². The summed E-state index contributed by atoms with van der Waals surface area (Å²) in [5.41, 5.74) is 0.606. The van der Waals surface area contributed by atoms with Crippen molar-refractivity contribution in [3.05, 3.63) is 60.4 Å². The van der Waals surface area contributed by atoms with Crippen LogP contribution in [0.1, 0.15) is 10.4 Å². The van der Waals surface area contributed by atoms with Crippen molar-refractivity contribution in [2.24, 2.45) is 0 Å². The molecule has 0 bridgehead atoms. The number of hydrogen-bond acceptors (Lipinski definition) is 2. The van der Waals surface area contributed by atoms with Crippen LogP contribution in [0.2, 0.25) is 0 Å². The summed E-state index contributed by atoms with van der Waals surface area (Å²) in [7, 11) is 0. The van der Waals surface area contributed by atoms with Crippen LogP contribution in [0.3, 0.4) is 0 Å². The van der Waals surface area contributed by atoms with E-state index >= 15 is 0 Å². The van der Waals surface area contributed by atoms with Crippen LogP contribution < -0.4 is 28.5 Å². The van der Waals surface area contributed by atoms with Crippen molar-refractivity contribution >= 4 is 5.78 Å². The second-order valence-corrected chi connectivity index (χ2v) is 3.52. The number of rotatable bonds is 3. The highest BCUT2D eigenvalue weighted by atomic mass is 127. The molecule has 0 atom stereocenters. The van der Waals surface area contributed by atoms with Gasteiger partial charge in [-0.15, -0.1) is 0 Å². The standard InChI is InChI=1S/C13H11NO2.HI/c15-12-6-4-11(5-7-12)13(16)10-14-8-2-1-3-9-14;/h1-9H,10H2;1H.